The first-order valence-corrected chi connectivity index (χ1v) is 5.00. The molecule has 5 heteroatoms. The van der Waals surface area contributed by atoms with Gasteiger partial charge in [0, 0.05) is 24.0 Å². The summed E-state index contributed by atoms with van der Waals surface area (Å²) in [6.45, 7) is 6.21. The van der Waals surface area contributed by atoms with E-state index in [0.29, 0.717) is 6.54 Å². The maximum atomic E-state index is 10.4. The van der Waals surface area contributed by atoms with Gasteiger partial charge in [-0.2, -0.15) is 0 Å². The average molecular weight is 212 g/mol. The zero-order valence-electron chi connectivity index (χ0n) is 7.91. The number of nitrogens with zero attached hydrogens (tertiary/aromatic N) is 1. The van der Waals surface area contributed by atoms with Crippen LogP contribution < -0.4 is 5.32 Å². The third-order valence-electron chi connectivity index (χ3n) is 1.61. The zero-order chi connectivity index (χ0) is 10.6. The van der Waals surface area contributed by atoms with Gasteiger partial charge in [0.25, 0.3) is 0 Å². The second-order valence-electron chi connectivity index (χ2n) is 2.87. The smallest absolute Gasteiger partial charge is 0.332 e. The molecule has 1 aromatic heterocycles. The Hall–Kier alpha value is -1.20. The van der Waals surface area contributed by atoms with Crippen LogP contribution in [0.15, 0.2) is 17.5 Å². The number of carboxylic acid groups (broad SMARTS) is 1. The van der Waals surface area contributed by atoms with Crippen LogP contribution >= 0.6 is 11.3 Å². The summed E-state index contributed by atoms with van der Waals surface area (Å²) in [6, 6.07) is 0. The Labute approximate surface area is 86.3 Å². The molecule has 0 aliphatic heterocycles. The Bertz CT molecular complexity index is 346. The SMILES string of the molecule is C=C(CNCc1csc(C)n1)C(=O)O. The maximum Gasteiger partial charge on any atom is 0.332 e. The molecule has 0 fully saturated rings. The highest BCUT2D eigenvalue weighted by Gasteiger charge is 2.03. The number of carboxylic acids is 1. The van der Waals surface area contributed by atoms with Crippen LogP contribution in [-0.2, 0) is 11.3 Å². The fourth-order valence-electron chi connectivity index (χ4n) is 0.907. The average Bonchev–Trinajstić information content (AvgIpc) is 2.51. The molecular formula is C9H12N2O2S. The molecule has 14 heavy (non-hydrogen) atoms. The van der Waals surface area contributed by atoms with Crippen molar-refractivity contribution in [3.8, 4) is 0 Å². The second kappa shape index (κ2) is 4.88. The van der Waals surface area contributed by atoms with Crippen LogP contribution in [-0.4, -0.2) is 22.6 Å². The van der Waals surface area contributed by atoms with Gasteiger partial charge in [0.1, 0.15) is 0 Å². The van der Waals surface area contributed by atoms with E-state index < -0.39 is 5.97 Å². The molecule has 1 rings (SSSR count). The molecule has 4 nitrogen and oxygen atoms in total. The zero-order valence-corrected chi connectivity index (χ0v) is 8.73. The van der Waals surface area contributed by atoms with Gasteiger partial charge in [-0.25, -0.2) is 9.78 Å². The monoisotopic (exact) mass is 212 g/mol. The lowest BCUT2D eigenvalue weighted by Crippen LogP contribution is -2.20. The summed E-state index contributed by atoms with van der Waals surface area (Å²) >= 11 is 1.58. The van der Waals surface area contributed by atoms with Gasteiger partial charge in [-0.15, -0.1) is 11.3 Å². The summed E-state index contributed by atoms with van der Waals surface area (Å²) in [6.07, 6.45) is 0. The van der Waals surface area contributed by atoms with Gasteiger partial charge in [-0.1, -0.05) is 6.58 Å². The van der Waals surface area contributed by atoms with Crippen molar-refractivity contribution in [1.29, 1.82) is 0 Å². The van der Waals surface area contributed by atoms with E-state index in [-0.39, 0.29) is 12.1 Å². The molecule has 0 unspecified atom stereocenters. The van der Waals surface area contributed by atoms with Crippen LogP contribution in [0.5, 0.6) is 0 Å². The minimum absolute atomic E-state index is 0.164. The standard InChI is InChI=1S/C9H12N2O2S/c1-6(9(12)13)3-10-4-8-5-14-7(2)11-8/h5,10H,1,3-4H2,2H3,(H,12,13). The number of hydrogen-bond donors (Lipinski definition) is 2. The Morgan fingerprint density at radius 1 is 1.79 bits per heavy atom. The molecule has 0 saturated carbocycles. The summed E-state index contributed by atoms with van der Waals surface area (Å²) in [4.78, 5) is 14.6. The van der Waals surface area contributed by atoms with Crippen molar-refractivity contribution in [2.75, 3.05) is 6.54 Å². The number of aromatic nitrogens is 1. The van der Waals surface area contributed by atoms with E-state index >= 15 is 0 Å². The van der Waals surface area contributed by atoms with Crippen LogP contribution in [0.2, 0.25) is 0 Å². The first-order chi connectivity index (χ1) is 6.59. The minimum atomic E-state index is -0.966. The molecule has 0 aliphatic rings. The van der Waals surface area contributed by atoms with Crippen molar-refractivity contribution in [2.45, 2.75) is 13.5 Å². The van der Waals surface area contributed by atoms with Crippen molar-refractivity contribution in [2.24, 2.45) is 0 Å². The summed E-state index contributed by atoms with van der Waals surface area (Å²) in [5, 5.41) is 14.5. The molecule has 0 aromatic carbocycles. The van der Waals surface area contributed by atoms with Crippen LogP contribution in [0.3, 0.4) is 0 Å². The molecule has 1 aromatic rings. The van der Waals surface area contributed by atoms with Crippen LogP contribution in [0.1, 0.15) is 10.7 Å². The lowest BCUT2D eigenvalue weighted by Gasteiger charge is -2.01. The molecule has 0 spiro atoms. The lowest BCUT2D eigenvalue weighted by molar-refractivity contribution is -0.132. The minimum Gasteiger partial charge on any atom is -0.478 e. The third kappa shape index (κ3) is 3.27. The van der Waals surface area contributed by atoms with Crippen molar-refractivity contribution in [3.05, 3.63) is 28.2 Å². The van der Waals surface area contributed by atoms with Crippen LogP contribution in [0, 0.1) is 6.92 Å². The van der Waals surface area contributed by atoms with E-state index in [2.05, 4.69) is 16.9 Å². The highest BCUT2D eigenvalue weighted by molar-refractivity contribution is 7.09. The predicted octanol–water partition coefficient (Wildman–Crippen LogP) is 1.18. The van der Waals surface area contributed by atoms with E-state index in [0.717, 1.165) is 10.7 Å². The topological polar surface area (TPSA) is 62.2 Å². The Morgan fingerprint density at radius 2 is 2.50 bits per heavy atom. The quantitative estimate of drug-likeness (QED) is 0.719. The summed E-state index contributed by atoms with van der Waals surface area (Å²) in [5.74, 6) is -0.966. The van der Waals surface area contributed by atoms with Crippen molar-refractivity contribution >= 4 is 17.3 Å². The first kappa shape index (κ1) is 10.9. The van der Waals surface area contributed by atoms with E-state index in [9.17, 15) is 4.79 Å². The molecule has 0 aliphatic carbocycles. The number of aryl methyl sites for hydroxylation is 1. The molecule has 2 N–H and O–H groups in total. The summed E-state index contributed by atoms with van der Waals surface area (Å²) in [5.41, 5.74) is 1.10. The fourth-order valence-corrected chi connectivity index (χ4v) is 1.52. The molecule has 0 radical (unpaired) electrons. The van der Waals surface area contributed by atoms with Gasteiger partial charge in [-0.3, -0.25) is 0 Å². The van der Waals surface area contributed by atoms with Gasteiger partial charge in [0.15, 0.2) is 0 Å². The highest BCUT2D eigenvalue weighted by Crippen LogP contribution is 2.07. The number of thiazole rings is 1. The number of hydrogen-bond acceptors (Lipinski definition) is 4. The molecule has 76 valence electrons. The van der Waals surface area contributed by atoms with E-state index in [4.69, 9.17) is 5.11 Å². The van der Waals surface area contributed by atoms with Crippen LogP contribution in [0.25, 0.3) is 0 Å². The van der Waals surface area contributed by atoms with Crippen molar-refractivity contribution in [1.82, 2.24) is 10.3 Å². The predicted molar refractivity (Wildman–Crippen MR) is 55.3 cm³/mol. The van der Waals surface area contributed by atoms with Crippen molar-refractivity contribution in [3.63, 3.8) is 0 Å². The molecule has 0 amide bonds. The number of nitrogens with one attached hydrogen (secondary N) is 1. The second-order valence-corrected chi connectivity index (χ2v) is 3.93. The van der Waals surface area contributed by atoms with Crippen molar-refractivity contribution < 1.29 is 9.90 Å². The number of aliphatic carboxylic acids is 1. The summed E-state index contributed by atoms with van der Waals surface area (Å²) in [7, 11) is 0. The van der Waals surface area contributed by atoms with Gasteiger partial charge < -0.3 is 10.4 Å². The number of carbonyl (C=O) groups is 1. The van der Waals surface area contributed by atoms with E-state index in [1.54, 1.807) is 11.3 Å². The first-order valence-electron chi connectivity index (χ1n) is 4.12. The van der Waals surface area contributed by atoms with Gasteiger partial charge >= 0.3 is 5.97 Å². The molecule has 1 heterocycles. The Morgan fingerprint density at radius 3 is 3.00 bits per heavy atom. The van der Waals surface area contributed by atoms with Gasteiger partial charge in [0.2, 0.25) is 0 Å². The number of rotatable bonds is 5. The third-order valence-corrected chi connectivity index (χ3v) is 2.44. The largest absolute Gasteiger partial charge is 0.478 e. The summed E-state index contributed by atoms with van der Waals surface area (Å²) < 4.78 is 0. The molecule has 0 atom stereocenters. The Kier molecular flexibility index (Phi) is 3.79. The fraction of sp³-hybridized carbons (Fsp3) is 0.333. The van der Waals surface area contributed by atoms with Gasteiger partial charge in [-0.05, 0) is 6.92 Å². The lowest BCUT2D eigenvalue weighted by atomic mass is 10.3. The van der Waals surface area contributed by atoms with Crippen LogP contribution in [0.4, 0.5) is 0 Å². The normalized spacial score (nSPS) is 10.1. The van der Waals surface area contributed by atoms with E-state index in [1.165, 1.54) is 0 Å². The molecule has 0 bridgehead atoms. The maximum absolute atomic E-state index is 10.4. The van der Waals surface area contributed by atoms with Gasteiger partial charge in [0.05, 0.1) is 10.7 Å². The molecular weight excluding hydrogens is 200 g/mol. The highest BCUT2D eigenvalue weighted by atomic mass is 32.1. The molecule has 0 saturated heterocycles. The Balaban J connectivity index is 2.29. The van der Waals surface area contributed by atoms with E-state index in [1.807, 2.05) is 12.3 Å².